The lowest BCUT2D eigenvalue weighted by molar-refractivity contribution is 0.551. The molecule has 72 valence electrons. The van der Waals surface area contributed by atoms with Gasteiger partial charge in [-0.05, 0) is 12.8 Å². The highest BCUT2D eigenvalue weighted by molar-refractivity contribution is 5.02. The molecule has 0 aliphatic heterocycles. The molecule has 0 heterocycles. The standard InChI is InChI=1S/C7H13N.C2H6.C2H4/c1-2-7(8)5-3-4-6-7;2*1-2/h2H,1,3-6,8H2;1-2H3;1-2H2. The highest BCUT2D eigenvalue weighted by Crippen LogP contribution is 2.27. The van der Waals surface area contributed by atoms with Crippen LogP contribution in [-0.2, 0) is 0 Å². The Morgan fingerprint density at radius 3 is 1.67 bits per heavy atom. The third-order valence-corrected chi connectivity index (χ3v) is 1.94. The molecule has 1 aliphatic carbocycles. The molecule has 0 aromatic carbocycles. The minimum atomic E-state index is 0.000000000000000222. The van der Waals surface area contributed by atoms with E-state index in [0.29, 0.717) is 0 Å². The monoisotopic (exact) mass is 169 g/mol. The highest BCUT2D eigenvalue weighted by Gasteiger charge is 2.24. The summed E-state index contributed by atoms with van der Waals surface area (Å²) in [5, 5.41) is 0. The van der Waals surface area contributed by atoms with E-state index in [1.807, 2.05) is 19.9 Å². The van der Waals surface area contributed by atoms with Crippen molar-refractivity contribution in [1.29, 1.82) is 0 Å². The molecule has 1 rings (SSSR count). The second kappa shape index (κ2) is 8.54. The van der Waals surface area contributed by atoms with Crippen LogP contribution >= 0.6 is 0 Å². The fourth-order valence-corrected chi connectivity index (χ4v) is 1.24. The maximum absolute atomic E-state index is 5.84. The summed E-state index contributed by atoms with van der Waals surface area (Å²) in [5.74, 6) is 0. The van der Waals surface area contributed by atoms with Gasteiger partial charge in [0.05, 0.1) is 0 Å². The van der Waals surface area contributed by atoms with E-state index >= 15 is 0 Å². The van der Waals surface area contributed by atoms with E-state index in [9.17, 15) is 0 Å². The van der Waals surface area contributed by atoms with Crippen molar-refractivity contribution >= 4 is 0 Å². The van der Waals surface area contributed by atoms with Crippen molar-refractivity contribution < 1.29 is 0 Å². The van der Waals surface area contributed by atoms with Gasteiger partial charge < -0.3 is 5.73 Å². The third kappa shape index (κ3) is 5.14. The number of rotatable bonds is 1. The molecule has 1 fully saturated rings. The predicted molar refractivity (Wildman–Crippen MR) is 58.2 cm³/mol. The molecule has 0 atom stereocenters. The molecule has 0 aromatic rings. The first-order valence-corrected chi connectivity index (χ1v) is 4.69. The molecule has 0 spiro atoms. The Hall–Kier alpha value is -0.560. The van der Waals surface area contributed by atoms with Gasteiger partial charge in [-0.2, -0.15) is 0 Å². The van der Waals surface area contributed by atoms with E-state index in [2.05, 4.69) is 19.7 Å². The Kier molecular flexibility index (Phi) is 9.95. The summed E-state index contributed by atoms with van der Waals surface area (Å²) in [6.07, 6.45) is 6.72. The van der Waals surface area contributed by atoms with Crippen molar-refractivity contribution in [1.82, 2.24) is 0 Å². The zero-order valence-corrected chi connectivity index (χ0v) is 8.60. The van der Waals surface area contributed by atoms with Gasteiger partial charge in [-0.15, -0.1) is 19.7 Å². The normalized spacial score (nSPS) is 17.9. The zero-order valence-electron chi connectivity index (χ0n) is 8.60. The smallest absolute Gasteiger partial charge is 0.0336 e. The molecule has 12 heavy (non-hydrogen) atoms. The van der Waals surface area contributed by atoms with E-state index in [1.165, 1.54) is 12.8 Å². The molecule has 0 radical (unpaired) electrons. The summed E-state index contributed by atoms with van der Waals surface area (Å²) in [6.45, 7) is 13.7. The van der Waals surface area contributed by atoms with Crippen LogP contribution in [0.5, 0.6) is 0 Å². The number of hydrogen-bond acceptors (Lipinski definition) is 1. The summed E-state index contributed by atoms with van der Waals surface area (Å²) < 4.78 is 0. The fraction of sp³-hybridized carbons (Fsp3) is 0.636. The van der Waals surface area contributed by atoms with Gasteiger partial charge in [0.1, 0.15) is 0 Å². The van der Waals surface area contributed by atoms with Crippen LogP contribution in [0.2, 0.25) is 0 Å². The minimum absolute atomic E-state index is 0.000000000000000222. The van der Waals surface area contributed by atoms with Crippen molar-refractivity contribution in [3.8, 4) is 0 Å². The molecule has 1 saturated carbocycles. The van der Waals surface area contributed by atoms with E-state index < -0.39 is 0 Å². The van der Waals surface area contributed by atoms with E-state index in [0.717, 1.165) is 12.8 Å². The van der Waals surface area contributed by atoms with E-state index in [1.54, 1.807) is 0 Å². The zero-order chi connectivity index (χ0) is 10.0. The highest BCUT2D eigenvalue weighted by atomic mass is 14.7. The average molecular weight is 169 g/mol. The van der Waals surface area contributed by atoms with Gasteiger partial charge in [0.25, 0.3) is 0 Å². The maximum atomic E-state index is 5.84. The molecule has 0 aromatic heterocycles. The number of hydrogen-bond donors (Lipinski definition) is 1. The van der Waals surface area contributed by atoms with Crippen LogP contribution < -0.4 is 5.73 Å². The van der Waals surface area contributed by atoms with Crippen LogP contribution in [0, 0.1) is 0 Å². The topological polar surface area (TPSA) is 26.0 Å². The van der Waals surface area contributed by atoms with Crippen LogP contribution in [0.25, 0.3) is 0 Å². The van der Waals surface area contributed by atoms with Gasteiger partial charge in [-0.3, -0.25) is 0 Å². The molecule has 0 unspecified atom stereocenters. The Balaban J connectivity index is 0. The van der Waals surface area contributed by atoms with Crippen LogP contribution in [0.4, 0.5) is 0 Å². The Morgan fingerprint density at radius 1 is 1.17 bits per heavy atom. The Bertz CT molecular complexity index is 102. The van der Waals surface area contributed by atoms with Crippen molar-refractivity contribution in [3.05, 3.63) is 25.8 Å². The van der Waals surface area contributed by atoms with Gasteiger partial charge in [-0.25, -0.2) is 0 Å². The maximum Gasteiger partial charge on any atom is 0.0336 e. The van der Waals surface area contributed by atoms with E-state index in [-0.39, 0.29) is 5.54 Å². The summed E-state index contributed by atoms with van der Waals surface area (Å²) in [6, 6.07) is 0. The van der Waals surface area contributed by atoms with Gasteiger partial charge in [0.15, 0.2) is 0 Å². The molecule has 0 saturated heterocycles. The van der Waals surface area contributed by atoms with Gasteiger partial charge >= 0.3 is 0 Å². The number of nitrogens with two attached hydrogens (primary N) is 1. The first kappa shape index (κ1) is 14.0. The lowest BCUT2D eigenvalue weighted by atomic mass is 10.0. The Labute approximate surface area is 77.4 Å². The molecule has 1 heteroatoms. The second-order valence-electron chi connectivity index (χ2n) is 2.64. The summed E-state index contributed by atoms with van der Waals surface area (Å²) >= 11 is 0. The van der Waals surface area contributed by atoms with Crippen molar-refractivity contribution in [2.45, 2.75) is 45.1 Å². The quantitative estimate of drug-likeness (QED) is 0.599. The van der Waals surface area contributed by atoms with Gasteiger partial charge in [0, 0.05) is 5.54 Å². The lowest BCUT2D eigenvalue weighted by Gasteiger charge is -2.16. The second-order valence-corrected chi connectivity index (χ2v) is 2.64. The Morgan fingerprint density at radius 2 is 1.50 bits per heavy atom. The van der Waals surface area contributed by atoms with Crippen molar-refractivity contribution in [2.24, 2.45) is 5.73 Å². The van der Waals surface area contributed by atoms with Crippen molar-refractivity contribution in [3.63, 3.8) is 0 Å². The van der Waals surface area contributed by atoms with Gasteiger partial charge in [0.2, 0.25) is 0 Å². The summed E-state index contributed by atoms with van der Waals surface area (Å²) in [7, 11) is 0. The molecule has 0 amide bonds. The third-order valence-electron chi connectivity index (χ3n) is 1.94. The van der Waals surface area contributed by atoms with E-state index in [4.69, 9.17) is 5.73 Å². The first-order valence-electron chi connectivity index (χ1n) is 4.69. The van der Waals surface area contributed by atoms with Crippen LogP contribution in [0.15, 0.2) is 25.8 Å². The molecular formula is C11H23N. The van der Waals surface area contributed by atoms with Crippen LogP contribution in [-0.4, -0.2) is 5.54 Å². The molecule has 1 nitrogen and oxygen atoms in total. The first-order chi connectivity index (χ1) is 5.77. The fourth-order valence-electron chi connectivity index (χ4n) is 1.24. The largest absolute Gasteiger partial charge is 0.322 e. The van der Waals surface area contributed by atoms with Crippen molar-refractivity contribution in [2.75, 3.05) is 0 Å². The summed E-state index contributed by atoms with van der Waals surface area (Å²) in [4.78, 5) is 0. The average Bonchev–Trinajstić information content (AvgIpc) is 2.60. The van der Waals surface area contributed by atoms with Crippen LogP contribution in [0.3, 0.4) is 0 Å². The lowest BCUT2D eigenvalue weighted by Crippen LogP contribution is -2.32. The predicted octanol–water partition coefficient (Wildman–Crippen LogP) is 3.27. The molecule has 2 N–H and O–H groups in total. The molecular weight excluding hydrogens is 146 g/mol. The SMILES string of the molecule is C=C.C=CC1(N)CCCC1.CC. The van der Waals surface area contributed by atoms with Crippen LogP contribution in [0.1, 0.15) is 39.5 Å². The van der Waals surface area contributed by atoms with Gasteiger partial charge in [-0.1, -0.05) is 32.8 Å². The minimum Gasteiger partial charge on any atom is -0.322 e. The summed E-state index contributed by atoms with van der Waals surface area (Å²) in [5.41, 5.74) is 5.84. The molecule has 1 aliphatic rings. The molecule has 0 bridgehead atoms.